The number of aliphatic hydroxyl groups excluding tert-OH is 2. The van der Waals surface area contributed by atoms with Gasteiger partial charge in [0.2, 0.25) is 5.78 Å². The van der Waals surface area contributed by atoms with Crippen LogP contribution in [0, 0.1) is 22.0 Å². The summed E-state index contributed by atoms with van der Waals surface area (Å²) in [7, 11) is 6.58. The summed E-state index contributed by atoms with van der Waals surface area (Å²) in [5.74, 6) is -7.46. The number of amides is 1. The number of benzene rings is 2. The molecule has 1 amide bonds. The van der Waals surface area contributed by atoms with Gasteiger partial charge in [0.1, 0.15) is 17.1 Å². The van der Waals surface area contributed by atoms with Crippen LogP contribution in [0.3, 0.4) is 0 Å². The Labute approximate surface area is 267 Å². The molecule has 0 heterocycles. The smallest absolute Gasteiger partial charge is 0.269 e. The number of anilines is 3. The molecule has 0 spiro atoms. The Balaban J connectivity index is 1.58. The number of nitrogens with one attached hydrogen (secondary N) is 2. The number of rotatable bonds is 6. The van der Waals surface area contributed by atoms with Crippen molar-refractivity contribution in [1.29, 1.82) is 0 Å². The van der Waals surface area contributed by atoms with Crippen molar-refractivity contribution >= 4 is 57.6 Å². The molecule has 46 heavy (non-hydrogen) atoms. The van der Waals surface area contributed by atoms with Gasteiger partial charge in [-0.25, -0.2) is 0 Å². The van der Waals surface area contributed by atoms with E-state index >= 15 is 0 Å². The molecule has 0 bridgehead atoms. The number of aromatic hydroxyl groups is 1. The minimum absolute atomic E-state index is 0.0140. The van der Waals surface area contributed by atoms with Crippen LogP contribution >= 0.6 is 12.2 Å². The van der Waals surface area contributed by atoms with Crippen LogP contribution in [0.15, 0.2) is 53.0 Å². The SMILES string of the molecule is CN(C)c1cc(NC(=S)Nc2ccc([N+](=O)[O-])cc2)c(O)c2c1C[C@H]1C[C@H]3[C@H](N(C)C)C(O)=C(C(N)=O)C(=O)[C@@]3(O)C(O)=C1C2=O. The number of Topliss-reactive ketones (excluding diaryl/α,β-unsaturated/α-hetero) is 2. The quantitative estimate of drug-likeness (QED) is 0.0777. The zero-order chi connectivity index (χ0) is 34.0. The van der Waals surface area contributed by atoms with Gasteiger partial charge in [-0.1, -0.05) is 0 Å². The van der Waals surface area contributed by atoms with Gasteiger partial charge in [-0.3, -0.25) is 29.4 Å². The second-order valence-corrected chi connectivity index (χ2v) is 12.3. The molecule has 0 saturated carbocycles. The number of carbonyl (C=O) groups is 3. The van der Waals surface area contributed by atoms with Gasteiger partial charge >= 0.3 is 0 Å². The minimum Gasteiger partial charge on any atom is -0.510 e. The number of ketones is 2. The Bertz CT molecular complexity index is 1790. The van der Waals surface area contributed by atoms with E-state index in [1.165, 1.54) is 29.2 Å². The van der Waals surface area contributed by atoms with E-state index in [0.717, 1.165) is 0 Å². The number of nitrogens with zero attached hydrogens (tertiary/aromatic N) is 3. The lowest BCUT2D eigenvalue weighted by atomic mass is 9.58. The third kappa shape index (κ3) is 4.90. The fourth-order valence-electron chi connectivity index (χ4n) is 6.74. The van der Waals surface area contributed by atoms with Crippen LogP contribution in [0.2, 0.25) is 0 Å². The molecule has 0 aromatic heterocycles. The van der Waals surface area contributed by atoms with Gasteiger partial charge in [0.05, 0.1) is 22.2 Å². The highest BCUT2D eigenvalue weighted by atomic mass is 32.1. The average Bonchev–Trinajstić information content (AvgIpc) is 2.96. The minimum atomic E-state index is -2.75. The Morgan fingerprint density at radius 3 is 2.28 bits per heavy atom. The Morgan fingerprint density at radius 2 is 1.74 bits per heavy atom. The molecule has 0 aliphatic heterocycles. The number of hydrogen-bond donors (Lipinski definition) is 7. The predicted octanol–water partition coefficient (Wildman–Crippen LogP) is 1.90. The summed E-state index contributed by atoms with van der Waals surface area (Å²) in [6, 6.07) is 5.93. The summed E-state index contributed by atoms with van der Waals surface area (Å²) in [4.78, 5) is 53.5. The number of aliphatic hydroxyl groups is 3. The van der Waals surface area contributed by atoms with Crippen molar-refractivity contribution in [3.05, 3.63) is 74.2 Å². The highest BCUT2D eigenvalue weighted by molar-refractivity contribution is 7.80. The van der Waals surface area contributed by atoms with Crippen LogP contribution in [0.4, 0.5) is 22.7 Å². The maximum Gasteiger partial charge on any atom is 0.269 e. The van der Waals surface area contributed by atoms with E-state index in [4.69, 9.17) is 18.0 Å². The van der Waals surface area contributed by atoms with Crippen LogP contribution in [-0.2, 0) is 16.0 Å². The average molecular weight is 653 g/mol. The lowest BCUT2D eigenvalue weighted by Gasteiger charge is -2.50. The lowest BCUT2D eigenvalue weighted by molar-refractivity contribution is -0.384. The fourth-order valence-corrected chi connectivity index (χ4v) is 6.97. The van der Waals surface area contributed by atoms with Crippen molar-refractivity contribution in [2.45, 2.75) is 24.5 Å². The topological polar surface area (TPSA) is 232 Å². The number of nitro groups is 1. The number of fused-ring (bicyclic) bond motifs is 3. The number of primary amides is 1. The number of phenolic OH excluding ortho intramolecular Hbond substituents is 1. The molecule has 8 N–H and O–H groups in total. The summed E-state index contributed by atoms with van der Waals surface area (Å²) in [5, 5.41) is 62.3. The molecule has 0 radical (unpaired) electrons. The molecule has 0 saturated heterocycles. The maximum atomic E-state index is 14.2. The van der Waals surface area contributed by atoms with Crippen LogP contribution in [0.1, 0.15) is 22.3 Å². The number of nitro benzene ring substituents is 1. The third-order valence-electron chi connectivity index (χ3n) is 8.77. The first-order valence-corrected chi connectivity index (χ1v) is 14.4. The fraction of sp³-hybridized carbons (Fsp3) is 0.333. The van der Waals surface area contributed by atoms with E-state index in [1.807, 2.05) is 0 Å². The van der Waals surface area contributed by atoms with Crippen molar-refractivity contribution in [3.8, 4) is 5.75 Å². The van der Waals surface area contributed by atoms with Gasteiger partial charge in [0.15, 0.2) is 22.2 Å². The van der Waals surface area contributed by atoms with Gasteiger partial charge in [-0.2, -0.15) is 0 Å². The number of phenols is 1. The van der Waals surface area contributed by atoms with Gasteiger partial charge in [-0.05, 0) is 68.8 Å². The summed E-state index contributed by atoms with van der Waals surface area (Å²) >= 11 is 5.38. The van der Waals surface area contributed by atoms with Crippen LogP contribution in [0.25, 0.3) is 0 Å². The van der Waals surface area contributed by atoms with Crippen molar-refractivity contribution in [3.63, 3.8) is 0 Å². The van der Waals surface area contributed by atoms with E-state index < -0.39 is 68.7 Å². The number of allylic oxidation sites excluding steroid dienone is 1. The first-order valence-electron chi connectivity index (χ1n) is 14.0. The normalized spacial score (nSPS) is 23.8. The van der Waals surface area contributed by atoms with E-state index in [9.17, 15) is 44.9 Å². The van der Waals surface area contributed by atoms with Crippen LogP contribution < -0.4 is 21.3 Å². The Hall–Kier alpha value is -5.06. The second kappa shape index (κ2) is 11.4. The number of nitrogens with two attached hydrogens (primary N) is 1. The molecule has 242 valence electrons. The Kier molecular flexibility index (Phi) is 8.00. The Morgan fingerprint density at radius 1 is 1.11 bits per heavy atom. The highest BCUT2D eigenvalue weighted by Crippen LogP contribution is 2.54. The number of hydrogen-bond acceptors (Lipinski definition) is 12. The van der Waals surface area contributed by atoms with Crippen molar-refractivity contribution < 1.29 is 39.7 Å². The van der Waals surface area contributed by atoms with Gasteiger partial charge in [0.25, 0.3) is 11.6 Å². The molecule has 3 aliphatic rings. The first-order chi connectivity index (χ1) is 21.5. The molecule has 15 nitrogen and oxygen atoms in total. The van der Waals surface area contributed by atoms with E-state index in [-0.39, 0.29) is 40.5 Å². The largest absolute Gasteiger partial charge is 0.510 e. The van der Waals surface area contributed by atoms with Gasteiger partial charge in [0, 0.05) is 49.1 Å². The van der Waals surface area contributed by atoms with E-state index in [0.29, 0.717) is 16.9 Å². The first kappa shape index (κ1) is 32.3. The molecule has 0 unspecified atom stereocenters. The van der Waals surface area contributed by atoms with Crippen molar-refractivity contribution in [2.75, 3.05) is 43.7 Å². The molecule has 4 atom stereocenters. The van der Waals surface area contributed by atoms with E-state index in [1.54, 1.807) is 39.2 Å². The zero-order valence-electron chi connectivity index (χ0n) is 25.2. The number of thiocarbonyl (C=S) groups is 1. The summed E-state index contributed by atoms with van der Waals surface area (Å²) in [6.07, 6.45) is 0.0734. The molecular weight excluding hydrogens is 620 g/mol. The molecule has 0 fully saturated rings. The predicted molar refractivity (Wildman–Crippen MR) is 171 cm³/mol. The monoisotopic (exact) mass is 652 g/mol. The zero-order valence-corrected chi connectivity index (χ0v) is 26.0. The second-order valence-electron chi connectivity index (χ2n) is 11.9. The van der Waals surface area contributed by atoms with Gasteiger partial charge < -0.3 is 41.7 Å². The standard InChI is InChI=1S/C30H32N6O9S/c1-34(2)18-11-17(33-29(46)32-13-5-7-14(8-6-13)36(44)45)23(37)20-15(18)9-12-10-16-22(35(3)4)25(39)21(28(31)42)27(41)30(16,43)26(40)19(12)24(20)38/h5-8,11-12,16,22,37,39-40,43H,9-10H2,1-4H3,(H2,31,42)(H2,32,33,46)/t12-,16-,22-,30-/m0/s1. The maximum absolute atomic E-state index is 14.2. The summed E-state index contributed by atoms with van der Waals surface area (Å²) < 4.78 is 0. The molecule has 2 aromatic rings. The van der Waals surface area contributed by atoms with Gasteiger partial charge in [-0.15, -0.1) is 0 Å². The summed E-state index contributed by atoms with van der Waals surface area (Å²) in [6.45, 7) is 0. The number of carbonyl (C=O) groups excluding carboxylic acids is 3. The molecule has 2 aromatic carbocycles. The number of non-ortho nitro benzene ring substituents is 1. The molecule has 3 aliphatic carbocycles. The molecule has 16 heteroatoms. The summed E-state index contributed by atoms with van der Waals surface area (Å²) in [5.41, 5.74) is 2.57. The molecule has 5 rings (SSSR count). The number of likely N-dealkylation sites (N-methyl/N-ethyl adjacent to an activating group) is 1. The third-order valence-corrected chi connectivity index (χ3v) is 8.97. The van der Waals surface area contributed by atoms with Crippen LogP contribution in [-0.4, -0.2) is 92.7 Å². The van der Waals surface area contributed by atoms with E-state index in [2.05, 4.69) is 10.6 Å². The van der Waals surface area contributed by atoms with Crippen LogP contribution in [0.5, 0.6) is 5.75 Å². The van der Waals surface area contributed by atoms with Crippen molar-refractivity contribution in [2.24, 2.45) is 17.6 Å². The molecular formula is C30H32N6O9S. The van der Waals surface area contributed by atoms with Crippen molar-refractivity contribution in [1.82, 2.24) is 4.90 Å². The highest BCUT2D eigenvalue weighted by Gasteiger charge is 2.63. The lowest BCUT2D eigenvalue weighted by Crippen LogP contribution is -2.63.